The van der Waals surface area contributed by atoms with Crippen molar-refractivity contribution in [3.8, 4) is 0 Å². The molecule has 1 aromatic carbocycles. The van der Waals surface area contributed by atoms with Crippen molar-refractivity contribution in [2.75, 3.05) is 11.4 Å². The van der Waals surface area contributed by atoms with Crippen LogP contribution in [0, 0.1) is 0 Å². The SMILES string of the molecule is CC1(C)C(=O)N(C(=O)NCC2CCC3CC=CN32)c2ccccc21. The molecule has 2 unspecified atom stereocenters. The number of carbonyl (C=O) groups is 2. The minimum absolute atomic E-state index is 0.161. The van der Waals surface area contributed by atoms with Gasteiger partial charge in [-0.2, -0.15) is 0 Å². The maximum atomic E-state index is 12.7. The van der Waals surface area contributed by atoms with Crippen molar-refractivity contribution in [2.45, 2.75) is 50.6 Å². The molecular weight excluding hydrogens is 302 g/mol. The van der Waals surface area contributed by atoms with Crippen molar-refractivity contribution < 1.29 is 9.59 Å². The molecule has 0 radical (unpaired) electrons. The summed E-state index contributed by atoms with van der Waals surface area (Å²) < 4.78 is 0. The van der Waals surface area contributed by atoms with Crippen LogP contribution in [-0.4, -0.2) is 35.5 Å². The molecule has 1 N–H and O–H groups in total. The lowest BCUT2D eigenvalue weighted by Crippen LogP contribution is -2.48. The van der Waals surface area contributed by atoms with Gasteiger partial charge >= 0.3 is 6.03 Å². The van der Waals surface area contributed by atoms with Gasteiger partial charge in [0.1, 0.15) is 0 Å². The quantitative estimate of drug-likeness (QED) is 0.910. The average Bonchev–Trinajstić information content (AvgIpc) is 3.21. The van der Waals surface area contributed by atoms with Crippen molar-refractivity contribution in [1.29, 1.82) is 0 Å². The Morgan fingerprint density at radius 2 is 2.08 bits per heavy atom. The first kappa shape index (κ1) is 15.2. The Labute approximate surface area is 142 Å². The zero-order chi connectivity index (χ0) is 16.9. The van der Waals surface area contributed by atoms with Crippen LogP contribution in [0.5, 0.6) is 0 Å². The molecule has 24 heavy (non-hydrogen) atoms. The van der Waals surface area contributed by atoms with E-state index in [1.54, 1.807) is 0 Å². The summed E-state index contributed by atoms with van der Waals surface area (Å²) in [6, 6.07) is 8.16. The van der Waals surface area contributed by atoms with Crippen LogP contribution in [0.25, 0.3) is 0 Å². The Bertz CT molecular complexity index is 725. The molecular formula is C19H23N3O2. The molecule has 3 heterocycles. The molecule has 0 bridgehead atoms. The van der Waals surface area contributed by atoms with E-state index in [-0.39, 0.29) is 11.9 Å². The third-order valence-corrected chi connectivity index (χ3v) is 5.61. The highest BCUT2D eigenvalue weighted by Gasteiger charge is 2.46. The number of fused-ring (bicyclic) bond motifs is 2. The summed E-state index contributed by atoms with van der Waals surface area (Å²) in [6.07, 6.45) is 7.71. The molecule has 4 rings (SSSR count). The zero-order valence-electron chi connectivity index (χ0n) is 14.2. The number of urea groups is 1. The van der Waals surface area contributed by atoms with E-state index in [1.165, 1.54) is 11.3 Å². The standard InChI is InChI=1S/C19H23N3O2/c1-19(2)15-7-3-4-8-16(15)22(17(19)23)18(24)20-12-14-10-9-13-6-5-11-21(13)14/h3-5,7-8,11,13-14H,6,9-10,12H2,1-2H3,(H,20,24). The van der Waals surface area contributed by atoms with Gasteiger partial charge in [-0.15, -0.1) is 0 Å². The van der Waals surface area contributed by atoms with Crippen LogP contribution in [0.15, 0.2) is 36.5 Å². The lowest BCUT2D eigenvalue weighted by Gasteiger charge is -2.26. The van der Waals surface area contributed by atoms with Gasteiger partial charge in [0.2, 0.25) is 5.91 Å². The monoisotopic (exact) mass is 325 g/mol. The molecule has 5 heteroatoms. The fourth-order valence-electron chi connectivity index (χ4n) is 4.20. The predicted octanol–water partition coefficient (Wildman–Crippen LogP) is 2.77. The molecule has 0 aliphatic carbocycles. The molecule has 3 amide bonds. The van der Waals surface area contributed by atoms with Gasteiger partial charge in [-0.25, -0.2) is 9.69 Å². The smallest absolute Gasteiger partial charge is 0.328 e. The van der Waals surface area contributed by atoms with Crippen LogP contribution in [0.3, 0.4) is 0 Å². The summed E-state index contributed by atoms with van der Waals surface area (Å²) in [5.41, 5.74) is 0.952. The normalized spacial score (nSPS) is 26.7. The number of imide groups is 1. The minimum atomic E-state index is -0.663. The van der Waals surface area contributed by atoms with Gasteiger partial charge in [0, 0.05) is 18.6 Å². The van der Waals surface area contributed by atoms with E-state index in [1.807, 2.05) is 38.1 Å². The number of carbonyl (C=O) groups excluding carboxylic acids is 2. The molecule has 0 spiro atoms. The van der Waals surface area contributed by atoms with Crippen LogP contribution in [0.4, 0.5) is 10.5 Å². The Hall–Kier alpha value is -2.30. The molecule has 1 fully saturated rings. The highest BCUT2D eigenvalue weighted by molar-refractivity contribution is 6.22. The lowest BCUT2D eigenvalue weighted by atomic mass is 9.86. The van der Waals surface area contributed by atoms with E-state index in [4.69, 9.17) is 0 Å². The summed E-state index contributed by atoms with van der Waals surface area (Å²) in [5.74, 6) is -0.161. The largest absolute Gasteiger partial charge is 0.370 e. The van der Waals surface area contributed by atoms with E-state index in [2.05, 4.69) is 22.5 Å². The summed E-state index contributed by atoms with van der Waals surface area (Å²) in [7, 11) is 0. The first-order chi connectivity index (χ1) is 11.5. The van der Waals surface area contributed by atoms with Gasteiger partial charge in [0.15, 0.2) is 0 Å². The van der Waals surface area contributed by atoms with Crippen molar-refractivity contribution in [3.05, 3.63) is 42.1 Å². The number of anilines is 1. The predicted molar refractivity (Wildman–Crippen MR) is 92.8 cm³/mol. The molecule has 0 saturated carbocycles. The minimum Gasteiger partial charge on any atom is -0.370 e. The van der Waals surface area contributed by atoms with Gasteiger partial charge in [0.25, 0.3) is 0 Å². The van der Waals surface area contributed by atoms with E-state index in [0.717, 1.165) is 18.4 Å². The highest BCUT2D eigenvalue weighted by atomic mass is 16.2. The molecule has 5 nitrogen and oxygen atoms in total. The maximum Gasteiger partial charge on any atom is 0.328 e. The number of hydrogen-bond donors (Lipinski definition) is 1. The van der Waals surface area contributed by atoms with Crippen molar-refractivity contribution in [3.63, 3.8) is 0 Å². The van der Waals surface area contributed by atoms with Crippen molar-refractivity contribution in [2.24, 2.45) is 0 Å². The summed E-state index contributed by atoms with van der Waals surface area (Å²) >= 11 is 0. The summed E-state index contributed by atoms with van der Waals surface area (Å²) in [6.45, 7) is 4.32. The maximum absolute atomic E-state index is 12.7. The van der Waals surface area contributed by atoms with Gasteiger partial charge in [-0.05, 0) is 50.9 Å². The van der Waals surface area contributed by atoms with Gasteiger partial charge in [-0.3, -0.25) is 4.79 Å². The fourth-order valence-corrected chi connectivity index (χ4v) is 4.20. The van der Waals surface area contributed by atoms with Gasteiger partial charge in [-0.1, -0.05) is 24.3 Å². The molecule has 2 atom stereocenters. The Morgan fingerprint density at radius 3 is 2.92 bits per heavy atom. The number of hydrogen-bond acceptors (Lipinski definition) is 3. The van der Waals surface area contributed by atoms with Gasteiger partial charge in [0.05, 0.1) is 11.1 Å². The second-order valence-electron chi connectivity index (χ2n) is 7.42. The Morgan fingerprint density at radius 1 is 1.29 bits per heavy atom. The second-order valence-corrected chi connectivity index (χ2v) is 7.42. The van der Waals surface area contributed by atoms with E-state index in [9.17, 15) is 9.59 Å². The number of benzene rings is 1. The van der Waals surface area contributed by atoms with Crippen molar-refractivity contribution in [1.82, 2.24) is 10.2 Å². The summed E-state index contributed by atoms with van der Waals surface area (Å²) in [4.78, 5) is 29.1. The molecule has 126 valence electrons. The number of amides is 3. The second kappa shape index (κ2) is 5.36. The number of nitrogens with zero attached hydrogens (tertiary/aromatic N) is 2. The van der Waals surface area contributed by atoms with Crippen LogP contribution < -0.4 is 10.2 Å². The number of rotatable bonds is 2. The van der Waals surface area contributed by atoms with Crippen LogP contribution >= 0.6 is 0 Å². The van der Waals surface area contributed by atoms with E-state index >= 15 is 0 Å². The van der Waals surface area contributed by atoms with Crippen LogP contribution in [0.2, 0.25) is 0 Å². The third kappa shape index (κ3) is 2.14. The average molecular weight is 325 g/mol. The van der Waals surface area contributed by atoms with Crippen LogP contribution in [0.1, 0.15) is 38.7 Å². The lowest BCUT2D eigenvalue weighted by molar-refractivity contribution is -0.121. The molecule has 3 aliphatic rings. The molecule has 1 aromatic rings. The topological polar surface area (TPSA) is 52.7 Å². The molecule has 3 aliphatic heterocycles. The number of para-hydroxylation sites is 1. The highest BCUT2D eigenvalue weighted by Crippen LogP contribution is 2.41. The van der Waals surface area contributed by atoms with Crippen LogP contribution in [-0.2, 0) is 10.2 Å². The number of nitrogens with one attached hydrogen (secondary N) is 1. The first-order valence-corrected chi connectivity index (χ1v) is 8.66. The summed E-state index contributed by atoms with van der Waals surface area (Å²) in [5, 5.41) is 2.98. The Balaban J connectivity index is 1.49. The first-order valence-electron chi connectivity index (χ1n) is 8.66. The van der Waals surface area contributed by atoms with E-state index < -0.39 is 5.41 Å². The zero-order valence-corrected chi connectivity index (χ0v) is 14.2. The molecule has 0 aromatic heterocycles. The third-order valence-electron chi connectivity index (χ3n) is 5.61. The Kier molecular flexibility index (Phi) is 3.41. The van der Waals surface area contributed by atoms with Crippen molar-refractivity contribution >= 4 is 17.6 Å². The molecule has 1 saturated heterocycles. The fraction of sp³-hybridized carbons (Fsp3) is 0.474. The van der Waals surface area contributed by atoms with E-state index in [0.29, 0.717) is 24.3 Å². The van der Waals surface area contributed by atoms with Gasteiger partial charge < -0.3 is 10.2 Å².